The van der Waals surface area contributed by atoms with Crippen LogP contribution in [0.5, 0.6) is 0 Å². The van der Waals surface area contributed by atoms with E-state index in [4.69, 9.17) is 9.52 Å². The molecule has 0 saturated carbocycles. The van der Waals surface area contributed by atoms with Crippen molar-refractivity contribution in [2.45, 2.75) is 0 Å². The molecular formula is C19H11BrFNO3. The average Bonchev–Trinajstić information content (AvgIpc) is 3.26. The maximum atomic E-state index is 13.9. The zero-order valence-electron chi connectivity index (χ0n) is 12.7. The minimum absolute atomic E-state index is 0.230. The first-order valence-electron chi connectivity index (χ1n) is 7.43. The molecule has 4 nitrogen and oxygen atoms in total. The van der Waals surface area contributed by atoms with Crippen LogP contribution in [0.4, 0.5) is 4.39 Å². The fourth-order valence-electron chi connectivity index (χ4n) is 2.69. The molecule has 0 aliphatic rings. The van der Waals surface area contributed by atoms with Gasteiger partial charge in [0.05, 0.1) is 21.1 Å². The second-order valence-corrected chi connectivity index (χ2v) is 6.41. The number of aromatic amines is 1. The molecule has 0 unspecified atom stereocenters. The van der Waals surface area contributed by atoms with Crippen molar-refractivity contribution in [3.05, 3.63) is 70.5 Å². The number of halogens is 2. The van der Waals surface area contributed by atoms with Crippen LogP contribution in [0.3, 0.4) is 0 Å². The third-order valence-corrected chi connectivity index (χ3v) is 4.60. The van der Waals surface area contributed by atoms with Gasteiger partial charge in [-0.1, -0.05) is 12.1 Å². The van der Waals surface area contributed by atoms with E-state index in [0.717, 1.165) is 11.3 Å². The van der Waals surface area contributed by atoms with Crippen molar-refractivity contribution in [2.24, 2.45) is 0 Å². The number of fused-ring (bicyclic) bond motifs is 1. The minimum Gasteiger partial charge on any atom is -0.478 e. The van der Waals surface area contributed by atoms with E-state index in [2.05, 4.69) is 20.9 Å². The van der Waals surface area contributed by atoms with Gasteiger partial charge in [-0.15, -0.1) is 0 Å². The normalized spacial score (nSPS) is 11.1. The molecule has 0 fully saturated rings. The summed E-state index contributed by atoms with van der Waals surface area (Å²) in [5, 5.41) is 9.37. The van der Waals surface area contributed by atoms with E-state index < -0.39 is 5.97 Å². The number of aromatic nitrogens is 1. The van der Waals surface area contributed by atoms with Gasteiger partial charge in [-0.3, -0.25) is 0 Å². The zero-order valence-corrected chi connectivity index (χ0v) is 14.3. The van der Waals surface area contributed by atoms with E-state index in [1.807, 2.05) is 12.1 Å². The number of carboxylic acid groups (broad SMARTS) is 1. The van der Waals surface area contributed by atoms with Gasteiger partial charge in [0.2, 0.25) is 0 Å². The van der Waals surface area contributed by atoms with Gasteiger partial charge in [0.25, 0.3) is 0 Å². The highest BCUT2D eigenvalue weighted by Gasteiger charge is 2.14. The quantitative estimate of drug-likeness (QED) is 0.464. The Morgan fingerprint density at radius 2 is 1.76 bits per heavy atom. The highest BCUT2D eigenvalue weighted by Crippen LogP contribution is 2.34. The van der Waals surface area contributed by atoms with Crippen molar-refractivity contribution >= 4 is 32.9 Å². The van der Waals surface area contributed by atoms with Crippen LogP contribution in [-0.2, 0) is 0 Å². The van der Waals surface area contributed by atoms with E-state index in [9.17, 15) is 9.18 Å². The number of rotatable bonds is 3. The number of H-pyrrole nitrogens is 1. The van der Waals surface area contributed by atoms with Gasteiger partial charge in [-0.25, -0.2) is 9.18 Å². The average molecular weight is 400 g/mol. The van der Waals surface area contributed by atoms with E-state index in [1.54, 1.807) is 36.4 Å². The molecule has 0 atom stereocenters. The lowest BCUT2D eigenvalue weighted by Gasteiger charge is -1.99. The Bertz CT molecular complexity index is 1060. The zero-order chi connectivity index (χ0) is 17.6. The first-order valence-corrected chi connectivity index (χ1v) is 8.23. The van der Waals surface area contributed by atoms with Gasteiger partial charge in [0.1, 0.15) is 5.82 Å². The number of hydrogen-bond acceptors (Lipinski definition) is 2. The van der Waals surface area contributed by atoms with Crippen LogP contribution in [-0.4, -0.2) is 16.1 Å². The van der Waals surface area contributed by atoms with Crippen LogP contribution < -0.4 is 0 Å². The van der Waals surface area contributed by atoms with Crippen LogP contribution in [0.25, 0.3) is 33.7 Å². The molecule has 2 heterocycles. The van der Waals surface area contributed by atoms with Gasteiger partial charge in [0.15, 0.2) is 11.3 Å². The SMILES string of the molecule is O=C(O)c1ccc(-c2ccc(-c3cc4c(F)ccc(Br)c4o3)[nH]2)cc1. The molecule has 0 saturated heterocycles. The maximum absolute atomic E-state index is 13.9. The Hall–Kier alpha value is -2.86. The maximum Gasteiger partial charge on any atom is 0.335 e. The second kappa shape index (κ2) is 5.89. The number of benzene rings is 2. The smallest absolute Gasteiger partial charge is 0.335 e. The van der Waals surface area contributed by atoms with E-state index in [1.165, 1.54) is 6.07 Å². The standard InChI is InChI=1S/C19H11BrFNO3/c20-13-5-6-14(21)12-9-17(25-18(12)13)16-8-7-15(22-16)10-1-3-11(4-2-10)19(23)24/h1-9,22H,(H,23,24). The van der Waals surface area contributed by atoms with Crippen molar-refractivity contribution < 1.29 is 18.7 Å². The van der Waals surface area contributed by atoms with Crippen molar-refractivity contribution in [1.29, 1.82) is 0 Å². The Kier molecular flexibility index (Phi) is 3.69. The lowest BCUT2D eigenvalue weighted by atomic mass is 10.1. The van der Waals surface area contributed by atoms with Crippen molar-refractivity contribution in [1.82, 2.24) is 4.98 Å². The third-order valence-electron chi connectivity index (χ3n) is 3.98. The first kappa shape index (κ1) is 15.7. The lowest BCUT2D eigenvalue weighted by Crippen LogP contribution is -1.94. The highest BCUT2D eigenvalue weighted by atomic mass is 79.9. The first-order chi connectivity index (χ1) is 12.0. The predicted octanol–water partition coefficient (Wildman–Crippen LogP) is 5.69. The van der Waals surface area contributed by atoms with Gasteiger partial charge in [0, 0.05) is 5.69 Å². The molecule has 6 heteroatoms. The summed E-state index contributed by atoms with van der Waals surface area (Å²) in [4.78, 5) is 14.1. The lowest BCUT2D eigenvalue weighted by molar-refractivity contribution is 0.0697. The van der Waals surface area contributed by atoms with Crippen molar-refractivity contribution in [3.8, 4) is 22.7 Å². The molecule has 0 radical (unpaired) electrons. The predicted molar refractivity (Wildman–Crippen MR) is 96.1 cm³/mol. The molecule has 2 N–H and O–H groups in total. The van der Waals surface area contributed by atoms with Crippen LogP contribution in [0.2, 0.25) is 0 Å². The summed E-state index contributed by atoms with van der Waals surface area (Å²) in [6.07, 6.45) is 0. The van der Waals surface area contributed by atoms with Crippen LogP contribution >= 0.6 is 15.9 Å². The number of nitrogens with one attached hydrogen (secondary N) is 1. The molecular weight excluding hydrogens is 389 g/mol. The summed E-state index contributed by atoms with van der Waals surface area (Å²) in [6.45, 7) is 0. The molecule has 0 amide bonds. The molecule has 4 aromatic rings. The summed E-state index contributed by atoms with van der Waals surface area (Å²) >= 11 is 3.36. The molecule has 2 aromatic carbocycles. The van der Waals surface area contributed by atoms with Gasteiger partial charge in [-0.05, 0) is 64.0 Å². The third kappa shape index (κ3) is 2.74. The fourth-order valence-corrected chi connectivity index (χ4v) is 3.12. The van der Waals surface area contributed by atoms with E-state index in [-0.39, 0.29) is 11.4 Å². The van der Waals surface area contributed by atoms with Crippen LogP contribution in [0, 0.1) is 5.82 Å². The largest absolute Gasteiger partial charge is 0.478 e. The molecule has 0 aliphatic heterocycles. The fraction of sp³-hybridized carbons (Fsp3) is 0. The van der Waals surface area contributed by atoms with E-state index >= 15 is 0 Å². The number of furan rings is 1. The number of carboxylic acids is 1. The summed E-state index contributed by atoms with van der Waals surface area (Å²) in [5.74, 6) is -0.785. The molecule has 0 bridgehead atoms. The topological polar surface area (TPSA) is 66.2 Å². The second-order valence-electron chi connectivity index (χ2n) is 5.55. The molecule has 0 spiro atoms. The van der Waals surface area contributed by atoms with Crippen molar-refractivity contribution in [2.75, 3.05) is 0 Å². The summed E-state index contributed by atoms with van der Waals surface area (Å²) in [6, 6.07) is 14.9. The minimum atomic E-state index is -0.964. The van der Waals surface area contributed by atoms with Crippen molar-refractivity contribution in [3.63, 3.8) is 0 Å². The Morgan fingerprint density at radius 3 is 2.44 bits per heavy atom. The Balaban J connectivity index is 1.73. The monoisotopic (exact) mass is 399 g/mol. The highest BCUT2D eigenvalue weighted by molar-refractivity contribution is 9.10. The summed E-state index contributed by atoms with van der Waals surface area (Å²) < 4.78 is 20.4. The molecule has 124 valence electrons. The van der Waals surface area contributed by atoms with Gasteiger partial charge < -0.3 is 14.5 Å². The number of carbonyl (C=O) groups is 1. The molecule has 4 rings (SSSR count). The Morgan fingerprint density at radius 1 is 1.04 bits per heavy atom. The van der Waals surface area contributed by atoms with Gasteiger partial charge >= 0.3 is 5.97 Å². The van der Waals surface area contributed by atoms with Crippen LogP contribution in [0.1, 0.15) is 10.4 Å². The number of hydrogen-bond donors (Lipinski definition) is 2. The summed E-state index contributed by atoms with van der Waals surface area (Å²) in [5.41, 5.74) is 3.05. The molecule has 0 aliphatic carbocycles. The van der Waals surface area contributed by atoms with E-state index in [0.29, 0.717) is 26.9 Å². The van der Waals surface area contributed by atoms with Gasteiger partial charge in [-0.2, -0.15) is 0 Å². The molecule has 2 aromatic heterocycles. The van der Waals surface area contributed by atoms with Crippen LogP contribution in [0.15, 0.2) is 63.5 Å². The molecule has 25 heavy (non-hydrogen) atoms. The summed E-state index contributed by atoms with van der Waals surface area (Å²) in [7, 11) is 0. The Labute approximate surface area is 150 Å². The number of aromatic carboxylic acids is 1.